The van der Waals surface area contributed by atoms with Gasteiger partial charge >= 0.3 is 5.97 Å². The predicted octanol–water partition coefficient (Wildman–Crippen LogP) is 2.70. The zero-order chi connectivity index (χ0) is 17.7. The Morgan fingerprint density at radius 1 is 1.35 bits per heavy atom. The molecule has 0 saturated heterocycles. The molecule has 0 radical (unpaired) electrons. The highest BCUT2D eigenvalue weighted by Crippen LogP contribution is 2.29. The number of carbonyl (C=O) groups excluding carboxylic acids is 1. The quantitative estimate of drug-likeness (QED) is 0.798. The van der Waals surface area contributed by atoms with Crippen molar-refractivity contribution < 1.29 is 19.1 Å². The van der Waals surface area contributed by atoms with E-state index in [2.05, 4.69) is 5.32 Å². The van der Waals surface area contributed by atoms with Crippen molar-refractivity contribution in [3.05, 3.63) is 34.6 Å². The van der Waals surface area contributed by atoms with Crippen LogP contribution in [0.1, 0.15) is 31.9 Å². The van der Waals surface area contributed by atoms with Crippen LogP contribution in [0.4, 0.5) is 4.39 Å². The Hall–Kier alpha value is -1.66. The summed E-state index contributed by atoms with van der Waals surface area (Å²) in [4.78, 5) is 25.3. The lowest BCUT2D eigenvalue weighted by atomic mass is 10.0. The number of aliphatic carboxylic acids is 1. The summed E-state index contributed by atoms with van der Waals surface area (Å²) >= 11 is 6.03. The van der Waals surface area contributed by atoms with Gasteiger partial charge in [-0.25, -0.2) is 9.18 Å². The van der Waals surface area contributed by atoms with Crippen molar-refractivity contribution in [2.24, 2.45) is 5.92 Å². The molecule has 1 amide bonds. The van der Waals surface area contributed by atoms with Crippen molar-refractivity contribution in [2.45, 2.75) is 32.4 Å². The Morgan fingerprint density at radius 3 is 2.39 bits per heavy atom. The van der Waals surface area contributed by atoms with Crippen molar-refractivity contribution in [3.63, 3.8) is 0 Å². The van der Waals surface area contributed by atoms with Gasteiger partial charge in [-0.15, -0.1) is 0 Å². The van der Waals surface area contributed by atoms with Gasteiger partial charge in [0.2, 0.25) is 5.91 Å². The molecular formula is C16H22ClFN2O3. The minimum atomic E-state index is -1.12. The summed E-state index contributed by atoms with van der Waals surface area (Å²) < 4.78 is 14.1. The molecule has 0 fully saturated rings. The van der Waals surface area contributed by atoms with Gasteiger partial charge in [-0.1, -0.05) is 31.5 Å². The van der Waals surface area contributed by atoms with E-state index in [1.54, 1.807) is 14.1 Å². The van der Waals surface area contributed by atoms with Crippen LogP contribution in [0.3, 0.4) is 0 Å². The normalized spacial score (nSPS) is 13.9. The third kappa shape index (κ3) is 5.18. The average molecular weight is 345 g/mol. The Bertz CT molecular complexity index is 558. The minimum Gasteiger partial charge on any atom is -0.480 e. The first-order valence-corrected chi connectivity index (χ1v) is 7.66. The lowest BCUT2D eigenvalue weighted by Crippen LogP contribution is -2.46. The molecule has 2 N–H and O–H groups in total. The monoisotopic (exact) mass is 344 g/mol. The maximum Gasteiger partial charge on any atom is 0.326 e. The number of amides is 1. The lowest BCUT2D eigenvalue weighted by Gasteiger charge is -2.27. The molecule has 0 heterocycles. The van der Waals surface area contributed by atoms with E-state index in [1.807, 2.05) is 13.8 Å². The van der Waals surface area contributed by atoms with E-state index >= 15 is 0 Å². The van der Waals surface area contributed by atoms with E-state index in [9.17, 15) is 19.1 Å². The maximum absolute atomic E-state index is 14.1. The molecular weight excluding hydrogens is 323 g/mol. The first-order valence-electron chi connectivity index (χ1n) is 7.28. The maximum atomic E-state index is 14.1. The van der Waals surface area contributed by atoms with E-state index in [1.165, 1.54) is 23.1 Å². The van der Waals surface area contributed by atoms with Crippen molar-refractivity contribution >= 4 is 23.5 Å². The first-order chi connectivity index (χ1) is 10.6. The van der Waals surface area contributed by atoms with Gasteiger partial charge in [-0.05, 0) is 38.6 Å². The number of nitrogens with zero attached hydrogens (tertiary/aromatic N) is 1. The second-order valence-corrected chi connectivity index (χ2v) is 6.44. The molecule has 0 aliphatic heterocycles. The van der Waals surface area contributed by atoms with Crippen LogP contribution in [-0.4, -0.2) is 42.0 Å². The summed E-state index contributed by atoms with van der Waals surface area (Å²) in [5, 5.41) is 11.8. The fourth-order valence-corrected chi connectivity index (χ4v) is 2.61. The number of nitrogens with one attached hydrogen (secondary N) is 1. The van der Waals surface area contributed by atoms with Crippen LogP contribution in [0.2, 0.25) is 5.02 Å². The molecule has 0 bridgehead atoms. The van der Waals surface area contributed by atoms with Crippen LogP contribution >= 0.6 is 11.6 Å². The summed E-state index contributed by atoms with van der Waals surface area (Å²) in [5.74, 6) is -2.24. The number of rotatable bonds is 7. The highest BCUT2D eigenvalue weighted by atomic mass is 35.5. The molecule has 23 heavy (non-hydrogen) atoms. The summed E-state index contributed by atoms with van der Waals surface area (Å²) in [6.07, 6.45) is 0.284. The largest absolute Gasteiger partial charge is 0.480 e. The van der Waals surface area contributed by atoms with E-state index in [-0.39, 0.29) is 22.9 Å². The van der Waals surface area contributed by atoms with Gasteiger partial charge in [0.1, 0.15) is 17.9 Å². The molecule has 1 unspecified atom stereocenters. The Morgan fingerprint density at radius 2 is 1.96 bits per heavy atom. The van der Waals surface area contributed by atoms with Gasteiger partial charge in [0.05, 0.1) is 0 Å². The SMILES string of the molecule is CC(C)C[C@@H](NC(=O)C(c1c(F)cccc1Cl)N(C)C)C(=O)O. The molecule has 7 heteroatoms. The minimum absolute atomic E-state index is 0.0327. The average Bonchev–Trinajstić information content (AvgIpc) is 2.40. The van der Waals surface area contributed by atoms with E-state index in [4.69, 9.17) is 11.6 Å². The van der Waals surface area contributed by atoms with E-state index in [0.29, 0.717) is 0 Å². The van der Waals surface area contributed by atoms with Crippen LogP contribution in [0, 0.1) is 11.7 Å². The highest BCUT2D eigenvalue weighted by molar-refractivity contribution is 6.31. The molecule has 0 aliphatic carbocycles. The van der Waals surface area contributed by atoms with Gasteiger partial charge in [0.25, 0.3) is 0 Å². The molecule has 0 spiro atoms. The number of hydrogen-bond donors (Lipinski definition) is 2. The number of halogens is 2. The third-order valence-electron chi connectivity index (χ3n) is 3.36. The molecule has 0 saturated carbocycles. The predicted molar refractivity (Wildman–Crippen MR) is 86.9 cm³/mol. The number of hydrogen-bond acceptors (Lipinski definition) is 3. The molecule has 0 aliphatic rings. The van der Waals surface area contributed by atoms with Crippen LogP contribution < -0.4 is 5.32 Å². The topological polar surface area (TPSA) is 69.6 Å². The van der Waals surface area contributed by atoms with Crippen LogP contribution in [0.5, 0.6) is 0 Å². The molecule has 128 valence electrons. The molecule has 2 atom stereocenters. The Kier molecular flexibility index (Phi) is 6.97. The summed E-state index contributed by atoms with van der Waals surface area (Å²) in [7, 11) is 3.20. The van der Waals surface area contributed by atoms with Crippen molar-refractivity contribution in [3.8, 4) is 0 Å². The second kappa shape index (κ2) is 8.26. The molecule has 0 aromatic heterocycles. The van der Waals surface area contributed by atoms with Crippen LogP contribution in [-0.2, 0) is 9.59 Å². The molecule has 1 rings (SSSR count). The van der Waals surface area contributed by atoms with Gasteiger partial charge in [0.15, 0.2) is 0 Å². The van der Waals surface area contributed by atoms with Gasteiger partial charge in [-0.3, -0.25) is 9.69 Å². The van der Waals surface area contributed by atoms with Gasteiger partial charge in [0, 0.05) is 10.6 Å². The molecule has 1 aromatic rings. The van der Waals surface area contributed by atoms with E-state index < -0.39 is 29.8 Å². The zero-order valence-corrected chi connectivity index (χ0v) is 14.4. The molecule has 5 nitrogen and oxygen atoms in total. The second-order valence-electron chi connectivity index (χ2n) is 6.03. The number of carboxylic acids is 1. The molecule has 1 aromatic carbocycles. The Balaban J connectivity index is 3.11. The van der Waals surface area contributed by atoms with Crippen molar-refractivity contribution in [1.29, 1.82) is 0 Å². The number of carbonyl (C=O) groups is 2. The number of likely N-dealkylation sites (N-methyl/N-ethyl adjacent to an activating group) is 1. The van der Waals surface area contributed by atoms with Crippen molar-refractivity contribution in [1.82, 2.24) is 10.2 Å². The standard InChI is InChI=1S/C16H22ClFN2O3/c1-9(2)8-12(16(22)23)19-15(21)14(20(3)4)13-10(17)6-5-7-11(13)18/h5-7,9,12,14H,8H2,1-4H3,(H,19,21)(H,22,23)/t12-,14?/m1/s1. The summed E-state index contributed by atoms with van der Waals surface area (Å²) in [5.41, 5.74) is 0.0327. The van der Waals surface area contributed by atoms with Crippen molar-refractivity contribution in [2.75, 3.05) is 14.1 Å². The third-order valence-corrected chi connectivity index (χ3v) is 3.69. The lowest BCUT2D eigenvalue weighted by molar-refractivity contribution is -0.143. The van der Waals surface area contributed by atoms with E-state index in [0.717, 1.165) is 0 Å². The smallest absolute Gasteiger partial charge is 0.326 e. The van der Waals surface area contributed by atoms with Crippen LogP contribution in [0.25, 0.3) is 0 Å². The first kappa shape index (κ1) is 19.4. The van der Waals surface area contributed by atoms with Gasteiger partial charge in [-0.2, -0.15) is 0 Å². The highest BCUT2D eigenvalue weighted by Gasteiger charge is 2.31. The van der Waals surface area contributed by atoms with Crippen LogP contribution in [0.15, 0.2) is 18.2 Å². The van der Waals surface area contributed by atoms with Gasteiger partial charge < -0.3 is 10.4 Å². The number of benzene rings is 1. The summed E-state index contributed by atoms with van der Waals surface area (Å²) in [6.45, 7) is 3.72. The zero-order valence-electron chi connectivity index (χ0n) is 13.6. The summed E-state index contributed by atoms with van der Waals surface area (Å²) in [6, 6.07) is 2.11. The fraction of sp³-hybridized carbons (Fsp3) is 0.500. The fourth-order valence-electron chi connectivity index (χ4n) is 2.34. The Labute approximate surface area is 140 Å². The number of carboxylic acid groups (broad SMARTS) is 1.